The number of methoxy groups -OCH3 is 1. The number of likely N-dealkylation sites (N-methyl/N-ethyl adjacent to an activating group) is 1. The first-order valence-electron chi connectivity index (χ1n) is 11.5. The fourth-order valence-corrected chi connectivity index (χ4v) is 4.45. The molecule has 180 valence electrons. The zero-order valence-corrected chi connectivity index (χ0v) is 20.3. The van der Waals surface area contributed by atoms with Crippen molar-refractivity contribution in [3.8, 4) is 17.1 Å². The van der Waals surface area contributed by atoms with Crippen molar-refractivity contribution in [3.05, 3.63) is 58.3 Å². The van der Waals surface area contributed by atoms with Gasteiger partial charge in [-0.2, -0.15) is 4.98 Å². The smallest absolute Gasteiger partial charge is 0.316 e. The largest absolute Gasteiger partial charge is 0.467 e. The van der Waals surface area contributed by atoms with Gasteiger partial charge < -0.3 is 24.8 Å². The van der Waals surface area contributed by atoms with Crippen LogP contribution in [0.2, 0.25) is 0 Å². The van der Waals surface area contributed by atoms with Gasteiger partial charge in [0, 0.05) is 67.1 Å². The van der Waals surface area contributed by atoms with Gasteiger partial charge in [-0.15, -0.1) is 0 Å². The fraction of sp³-hybridized carbons (Fsp3) is 0.320. The third-order valence-corrected chi connectivity index (χ3v) is 6.42. The summed E-state index contributed by atoms with van der Waals surface area (Å²) in [6.45, 7) is 8.16. The van der Waals surface area contributed by atoms with Crippen LogP contribution < -0.4 is 20.5 Å². The maximum absolute atomic E-state index is 12.9. The van der Waals surface area contributed by atoms with E-state index in [1.54, 1.807) is 18.6 Å². The van der Waals surface area contributed by atoms with Gasteiger partial charge >= 0.3 is 6.01 Å². The van der Waals surface area contributed by atoms with Gasteiger partial charge in [-0.05, 0) is 50.2 Å². The Hall–Kier alpha value is -4.05. The molecule has 0 atom stereocenters. The number of hydrogen-bond acceptors (Lipinski definition) is 9. The van der Waals surface area contributed by atoms with Crippen LogP contribution in [-0.4, -0.2) is 70.2 Å². The second-order valence-corrected chi connectivity index (χ2v) is 8.79. The van der Waals surface area contributed by atoms with Gasteiger partial charge in [0.05, 0.1) is 12.7 Å². The maximum Gasteiger partial charge on any atom is 0.316 e. The quantitative estimate of drug-likeness (QED) is 0.453. The van der Waals surface area contributed by atoms with Crippen molar-refractivity contribution in [2.75, 3.05) is 50.6 Å². The number of piperazine rings is 1. The first kappa shape index (κ1) is 22.7. The fourth-order valence-electron chi connectivity index (χ4n) is 4.45. The molecule has 0 radical (unpaired) electrons. The van der Waals surface area contributed by atoms with Crippen LogP contribution in [0.3, 0.4) is 0 Å². The summed E-state index contributed by atoms with van der Waals surface area (Å²) >= 11 is 0. The number of benzene rings is 1. The molecule has 1 aliphatic rings. The highest BCUT2D eigenvalue weighted by Gasteiger charge is 2.17. The number of anilines is 3. The van der Waals surface area contributed by atoms with Crippen LogP contribution in [0, 0.1) is 13.8 Å². The molecule has 0 spiro atoms. The van der Waals surface area contributed by atoms with Crippen LogP contribution in [0.15, 0.2) is 41.6 Å². The van der Waals surface area contributed by atoms with Crippen molar-refractivity contribution in [3.63, 3.8) is 0 Å². The van der Waals surface area contributed by atoms with Crippen LogP contribution >= 0.6 is 0 Å². The van der Waals surface area contributed by atoms with Crippen molar-refractivity contribution in [2.24, 2.45) is 0 Å². The minimum absolute atomic E-state index is 0.245. The van der Waals surface area contributed by atoms with E-state index in [-0.39, 0.29) is 11.6 Å². The zero-order chi connectivity index (χ0) is 24.5. The lowest BCUT2D eigenvalue weighted by atomic mass is 10.0. The Morgan fingerprint density at radius 2 is 1.77 bits per heavy atom. The zero-order valence-electron chi connectivity index (χ0n) is 20.3. The lowest BCUT2D eigenvalue weighted by Crippen LogP contribution is -2.44. The Bertz CT molecular complexity index is 1430. The van der Waals surface area contributed by atoms with E-state index in [0.717, 1.165) is 42.8 Å². The Morgan fingerprint density at radius 1 is 1.03 bits per heavy atom. The molecule has 5 rings (SSSR count). The van der Waals surface area contributed by atoms with Crippen LogP contribution in [-0.2, 0) is 0 Å². The number of fused-ring (bicyclic) bond motifs is 1. The average Bonchev–Trinajstić information content (AvgIpc) is 2.85. The number of H-pyrrole nitrogens is 1. The summed E-state index contributed by atoms with van der Waals surface area (Å²) in [4.78, 5) is 37.8. The Morgan fingerprint density at radius 3 is 2.46 bits per heavy atom. The molecular weight excluding hydrogens is 444 g/mol. The highest BCUT2D eigenvalue weighted by atomic mass is 16.5. The number of nitrogens with zero attached hydrogens (tertiary/aromatic N) is 6. The molecule has 0 unspecified atom stereocenters. The number of aryl methyl sites for hydroxylation is 2. The monoisotopic (exact) mass is 472 g/mol. The summed E-state index contributed by atoms with van der Waals surface area (Å²) in [5.74, 6) is 0.417. The molecule has 2 N–H and O–H groups in total. The summed E-state index contributed by atoms with van der Waals surface area (Å²) in [7, 11) is 3.65. The van der Waals surface area contributed by atoms with Gasteiger partial charge in [-0.3, -0.25) is 4.79 Å². The topological polar surface area (TPSA) is 112 Å². The molecule has 3 aromatic heterocycles. The van der Waals surface area contributed by atoms with E-state index in [0.29, 0.717) is 22.7 Å². The Kier molecular flexibility index (Phi) is 6.04. The van der Waals surface area contributed by atoms with Crippen LogP contribution in [0.4, 0.5) is 17.3 Å². The molecule has 10 nitrogen and oxygen atoms in total. The predicted octanol–water partition coefficient (Wildman–Crippen LogP) is 2.90. The van der Waals surface area contributed by atoms with E-state index in [1.807, 2.05) is 13.0 Å². The SMILES string of the molecule is COc1ncc(-c2c(C)c3cnc(Nc4ccc(N5CCN(C)CC5)c(C)c4)nc3[nH]c2=O)cn1. The predicted molar refractivity (Wildman–Crippen MR) is 137 cm³/mol. The molecule has 0 saturated carbocycles. The number of aromatic nitrogens is 5. The molecule has 1 aliphatic heterocycles. The van der Waals surface area contributed by atoms with Gasteiger partial charge in [-0.1, -0.05) is 0 Å². The number of pyridine rings is 1. The van der Waals surface area contributed by atoms with E-state index < -0.39 is 0 Å². The number of hydrogen-bond donors (Lipinski definition) is 2. The number of ether oxygens (including phenoxy) is 1. The summed E-state index contributed by atoms with van der Waals surface area (Å²) in [5, 5.41) is 4.02. The van der Waals surface area contributed by atoms with E-state index in [1.165, 1.54) is 18.4 Å². The first-order valence-corrected chi connectivity index (χ1v) is 11.5. The lowest BCUT2D eigenvalue weighted by Gasteiger charge is -2.35. The third kappa shape index (κ3) is 4.52. The van der Waals surface area contributed by atoms with Crippen LogP contribution in [0.1, 0.15) is 11.1 Å². The van der Waals surface area contributed by atoms with Gasteiger partial charge in [0.1, 0.15) is 5.65 Å². The minimum atomic E-state index is -0.263. The van der Waals surface area contributed by atoms with E-state index in [2.05, 4.69) is 66.1 Å². The first-order chi connectivity index (χ1) is 16.9. The maximum atomic E-state index is 12.9. The minimum Gasteiger partial charge on any atom is -0.467 e. The molecule has 0 bridgehead atoms. The molecule has 10 heteroatoms. The van der Waals surface area contributed by atoms with Gasteiger partial charge in [0.2, 0.25) is 5.95 Å². The van der Waals surface area contributed by atoms with Crippen LogP contribution in [0.5, 0.6) is 6.01 Å². The van der Waals surface area contributed by atoms with Gasteiger partial charge in [0.25, 0.3) is 5.56 Å². The molecule has 0 amide bonds. The van der Waals surface area contributed by atoms with E-state index in [9.17, 15) is 4.79 Å². The number of nitrogens with one attached hydrogen (secondary N) is 2. The van der Waals surface area contributed by atoms with Crippen LogP contribution in [0.25, 0.3) is 22.2 Å². The molecule has 1 aromatic carbocycles. The van der Waals surface area contributed by atoms with Crippen molar-refractivity contribution < 1.29 is 4.74 Å². The second kappa shape index (κ2) is 9.30. The number of rotatable bonds is 5. The summed E-state index contributed by atoms with van der Waals surface area (Å²) in [5.41, 5.74) is 5.38. The molecular formula is C25H28N8O2. The molecule has 1 fully saturated rings. The van der Waals surface area contributed by atoms with Crippen molar-refractivity contribution in [1.82, 2.24) is 29.8 Å². The molecule has 1 saturated heterocycles. The summed E-state index contributed by atoms with van der Waals surface area (Å²) < 4.78 is 5.01. The third-order valence-electron chi connectivity index (χ3n) is 6.42. The average molecular weight is 473 g/mol. The van der Waals surface area contributed by atoms with E-state index in [4.69, 9.17) is 4.74 Å². The normalized spacial score (nSPS) is 14.3. The Labute approximate surface area is 203 Å². The molecule has 4 heterocycles. The molecule has 4 aromatic rings. The highest BCUT2D eigenvalue weighted by Crippen LogP contribution is 2.27. The highest BCUT2D eigenvalue weighted by molar-refractivity contribution is 5.85. The van der Waals surface area contributed by atoms with E-state index >= 15 is 0 Å². The van der Waals surface area contributed by atoms with Crippen molar-refractivity contribution in [2.45, 2.75) is 13.8 Å². The summed E-state index contributed by atoms with van der Waals surface area (Å²) in [6.07, 6.45) is 4.86. The van der Waals surface area contributed by atoms with Gasteiger partial charge in [-0.25, -0.2) is 15.0 Å². The lowest BCUT2D eigenvalue weighted by molar-refractivity contribution is 0.312. The van der Waals surface area contributed by atoms with Crippen molar-refractivity contribution in [1.29, 1.82) is 0 Å². The molecule has 0 aliphatic carbocycles. The number of aromatic amines is 1. The summed E-state index contributed by atoms with van der Waals surface area (Å²) in [6, 6.07) is 6.52. The van der Waals surface area contributed by atoms with Crippen molar-refractivity contribution >= 4 is 28.4 Å². The standard InChI is InChI=1S/C25H28N8O2/c1-15-11-18(5-6-20(15)33-9-7-32(3)8-10-33)29-24-26-14-19-16(2)21(23(34)30-22(19)31-24)17-12-27-25(35-4)28-13-17/h5-6,11-14H,7-10H2,1-4H3,(H2,26,29,30,31,34). The molecule has 35 heavy (non-hydrogen) atoms. The van der Waals surface area contributed by atoms with Gasteiger partial charge in [0.15, 0.2) is 0 Å². The second-order valence-electron chi connectivity index (χ2n) is 8.79. The Balaban J connectivity index is 1.41.